The largest absolute Gasteiger partial charge is 0.456 e. The number of ether oxygens (including phenoxy) is 1. The Morgan fingerprint density at radius 2 is 1.63 bits per heavy atom. The van der Waals surface area contributed by atoms with Crippen LogP contribution in [0.4, 0.5) is 18.9 Å². The maximum absolute atomic E-state index is 13.0. The second kappa shape index (κ2) is 8.67. The predicted molar refractivity (Wildman–Crippen MR) is 89.0 cm³/mol. The number of halogens is 3. The molecule has 0 saturated carbocycles. The molecular formula is C17H14F3NO5S. The van der Waals surface area contributed by atoms with Gasteiger partial charge >= 0.3 is 5.97 Å². The van der Waals surface area contributed by atoms with Crippen molar-refractivity contribution in [3.05, 3.63) is 59.9 Å². The molecule has 2 aromatic rings. The highest BCUT2D eigenvalue weighted by atomic mass is 32.2. The van der Waals surface area contributed by atoms with Gasteiger partial charge < -0.3 is 10.1 Å². The molecule has 0 aliphatic carbocycles. The van der Waals surface area contributed by atoms with Crippen LogP contribution in [0.5, 0.6) is 0 Å². The summed E-state index contributed by atoms with van der Waals surface area (Å²) in [7, 11) is -3.81. The molecule has 0 atom stereocenters. The predicted octanol–water partition coefficient (Wildman–Crippen LogP) is 2.45. The minimum atomic E-state index is -3.81. The number of nitrogens with one attached hydrogen (secondary N) is 1. The monoisotopic (exact) mass is 401 g/mol. The van der Waals surface area contributed by atoms with E-state index in [4.69, 9.17) is 0 Å². The highest BCUT2D eigenvalue weighted by Gasteiger charge is 2.18. The van der Waals surface area contributed by atoms with E-state index in [-0.39, 0.29) is 10.6 Å². The molecule has 10 heteroatoms. The van der Waals surface area contributed by atoms with Crippen LogP contribution in [0.2, 0.25) is 0 Å². The Morgan fingerprint density at radius 3 is 2.26 bits per heavy atom. The zero-order valence-electron chi connectivity index (χ0n) is 13.7. The third-order valence-electron chi connectivity index (χ3n) is 3.32. The van der Waals surface area contributed by atoms with E-state index >= 15 is 0 Å². The Morgan fingerprint density at radius 1 is 0.963 bits per heavy atom. The first-order valence-corrected chi connectivity index (χ1v) is 9.21. The van der Waals surface area contributed by atoms with Crippen molar-refractivity contribution in [3.8, 4) is 0 Å². The van der Waals surface area contributed by atoms with Crippen LogP contribution in [0.15, 0.2) is 47.4 Å². The standard InChI is InChI=1S/C17H14F3NO5S/c18-11-1-4-13(5-2-11)27(24,25)8-7-17(23)26-10-16(22)21-12-3-6-14(19)15(20)9-12/h1-6,9H,7-8,10H2,(H,21,22). The summed E-state index contributed by atoms with van der Waals surface area (Å²) in [5.41, 5.74) is -0.0335. The van der Waals surface area contributed by atoms with Crippen molar-refractivity contribution in [1.29, 1.82) is 0 Å². The zero-order chi connectivity index (χ0) is 20.0. The van der Waals surface area contributed by atoms with E-state index in [0.717, 1.165) is 42.5 Å². The SMILES string of the molecule is O=C(COC(=O)CCS(=O)(=O)c1ccc(F)cc1)Nc1ccc(F)c(F)c1. The number of sulfone groups is 1. The molecule has 0 bridgehead atoms. The average Bonchev–Trinajstić information content (AvgIpc) is 2.62. The van der Waals surface area contributed by atoms with Gasteiger partial charge in [-0.1, -0.05) is 0 Å². The quantitative estimate of drug-likeness (QED) is 0.569. The van der Waals surface area contributed by atoms with Gasteiger partial charge in [0.05, 0.1) is 17.1 Å². The topological polar surface area (TPSA) is 89.5 Å². The molecule has 144 valence electrons. The molecule has 1 N–H and O–H groups in total. The van der Waals surface area contributed by atoms with Crippen molar-refractivity contribution in [2.24, 2.45) is 0 Å². The first kappa shape index (κ1) is 20.4. The molecule has 0 aliphatic rings. The molecule has 2 aromatic carbocycles. The Labute approximate surface area is 152 Å². The number of carbonyl (C=O) groups excluding carboxylic acids is 2. The van der Waals surface area contributed by atoms with Gasteiger partial charge in [0.1, 0.15) is 5.82 Å². The number of amides is 1. The van der Waals surface area contributed by atoms with Gasteiger partial charge in [-0.3, -0.25) is 9.59 Å². The molecule has 0 fully saturated rings. The van der Waals surface area contributed by atoms with E-state index < -0.39 is 57.9 Å². The second-order valence-corrected chi connectivity index (χ2v) is 7.47. The summed E-state index contributed by atoms with van der Waals surface area (Å²) in [5.74, 6) is -5.17. The first-order valence-electron chi connectivity index (χ1n) is 7.56. The molecule has 0 aliphatic heterocycles. The molecule has 0 spiro atoms. The fraction of sp³-hybridized carbons (Fsp3) is 0.176. The number of rotatable bonds is 7. The Kier molecular flexibility index (Phi) is 6.56. The molecule has 0 saturated heterocycles. The summed E-state index contributed by atoms with van der Waals surface area (Å²) >= 11 is 0. The van der Waals surface area contributed by atoms with Crippen LogP contribution < -0.4 is 5.32 Å². The molecule has 27 heavy (non-hydrogen) atoms. The highest BCUT2D eigenvalue weighted by molar-refractivity contribution is 7.91. The lowest BCUT2D eigenvalue weighted by molar-refractivity contribution is -0.146. The number of esters is 1. The summed E-state index contributed by atoms with van der Waals surface area (Å²) in [5, 5.41) is 2.19. The van der Waals surface area contributed by atoms with E-state index in [2.05, 4.69) is 10.1 Å². The van der Waals surface area contributed by atoms with Gasteiger partial charge in [-0.25, -0.2) is 21.6 Å². The number of hydrogen-bond acceptors (Lipinski definition) is 5. The zero-order valence-corrected chi connectivity index (χ0v) is 14.6. The molecule has 0 radical (unpaired) electrons. The molecule has 1 amide bonds. The normalized spacial score (nSPS) is 11.1. The van der Waals surface area contributed by atoms with E-state index in [9.17, 15) is 31.2 Å². The summed E-state index contributed by atoms with van der Waals surface area (Å²) in [6.07, 6.45) is -0.516. The maximum atomic E-state index is 13.0. The minimum absolute atomic E-state index is 0.0335. The molecular weight excluding hydrogens is 387 g/mol. The average molecular weight is 401 g/mol. The smallest absolute Gasteiger partial charge is 0.307 e. The first-order chi connectivity index (χ1) is 12.7. The second-order valence-electron chi connectivity index (χ2n) is 5.36. The lowest BCUT2D eigenvalue weighted by atomic mass is 10.3. The van der Waals surface area contributed by atoms with Crippen molar-refractivity contribution in [2.45, 2.75) is 11.3 Å². The summed E-state index contributed by atoms with van der Waals surface area (Å²) < 4.78 is 67.3. The lowest BCUT2D eigenvalue weighted by Crippen LogP contribution is -2.22. The molecule has 2 rings (SSSR count). The van der Waals surface area contributed by atoms with Crippen LogP contribution in [0, 0.1) is 17.5 Å². The van der Waals surface area contributed by atoms with Gasteiger partial charge in [0.15, 0.2) is 28.1 Å². The highest BCUT2D eigenvalue weighted by Crippen LogP contribution is 2.14. The van der Waals surface area contributed by atoms with Crippen molar-refractivity contribution >= 4 is 27.4 Å². The number of hydrogen-bond donors (Lipinski definition) is 1. The van der Waals surface area contributed by atoms with E-state index in [0.29, 0.717) is 0 Å². The van der Waals surface area contributed by atoms with Crippen LogP contribution in [0.25, 0.3) is 0 Å². The summed E-state index contributed by atoms with van der Waals surface area (Å²) in [4.78, 5) is 23.1. The van der Waals surface area contributed by atoms with Gasteiger partial charge in [-0.15, -0.1) is 0 Å². The van der Waals surface area contributed by atoms with E-state index in [1.54, 1.807) is 0 Å². The van der Waals surface area contributed by atoms with Crippen molar-refractivity contribution < 1.29 is 35.9 Å². The summed E-state index contributed by atoms with van der Waals surface area (Å²) in [6.45, 7) is -0.728. The summed E-state index contributed by atoms with van der Waals surface area (Å²) in [6, 6.07) is 6.80. The maximum Gasteiger partial charge on any atom is 0.307 e. The molecule has 0 unspecified atom stereocenters. The molecule has 0 aromatic heterocycles. The minimum Gasteiger partial charge on any atom is -0.456 e. The Bertz CT molecular complexity index is 946. The van der Waals surface area contributed by atoms with Gasteiger partial charge in [0.2, 0.25) is 0 Å². The number of carbonyl (C=O) groups is 2. The number of anilines is 1. The molecule has 6 nitrogen and oxygen atoms in total. The van der Waals surface area contributed by atoms with E-state index in [1.165, 1.54) is 0 Å². The van der Waals surface area contributed by atoms with Gasteiger partial charge in [0, 0.05) is 11.8 Å². The van der Waals surface area contributed by atoms with Crippen molar-refractivity contribution in [1.82, 2.24) is 0 Å². The third-order valence-corrected chi connectivity index (χ3v) is 5.05. The van der Waals surface area contributed by atoms with Gasteiger partial charge in [-0.05, 0) is 36.4 Å². The van der Waals surface area contributed by atoms with Crippen LogP contribution >= 0.6 is 0 Å². The fourth-order valence-electron chi connectivity index (χ4n) is 1.97. The van der Waals surface area contributed by atoms with Crippen LogP contribution in [-0.4, -0.2) is 32.7 Å². The van der Waals surface area contributed by atoms with Crippen LogP contribution in [0.1, 0.15) is 6.42 Å². The van der Waals surface area contributed by atoms with Crippen molar-refractivity contribution in [2.75, 3.05) is 17.7 Å². The molecule has 0 heterocycles. The van der Waals surface area contributed by atoms with Crippen molar-refractivity contribution in [3.63, 3.8) is 0 Å². The van der Waals surface area contributed by atoms with Gasteiger partial charge in [-0.2, -0.15) is 0 Å². The van der Waals surface area contributed by atoms with E-state index in [1.807, 2.05) is 0 Å². The lowest BCUT2D eigenvalue weighted by Gasteiger charge is -2.07. The number of benzene rings is 2. The Hall–Kier alpha value is -2.88. The fourth-order valence-corrected chi connectivity index (χ4v) is 3.19. The Balaban J connectivity index is 1.80. The van der Waals surface area contributed by atoms with Gasteiger partial charge in [0.25, 0.3) is 5.91 Å². The van der Waals surface area contributed by atoms with Crippen LogP contribution in [0.3, 0.4) is 0 Å². The third kappa shape index (κ3) is 6.10. The van der Waals surface area contributed by atoms with Crippen LogP contribution in [-0.2, 0) is 24.2 Å².